The van der Waals surface area contributed by atoms with Crippen molar-refractivity contribution in [2.45, 2.75) is 182 Å². The van der Waals surface area contributed by atoms with E-state index in [1.165, 1.54) is 0 Å². The first-order valence-electron chi connectivity index (χ1n) is 20.7. The van der Waals surface area contributed by atoms with Crippen LogP contribution in [0.1, 0.15) is 182 Å². The fourth-order valence-electron chi connectivity index (χ4n) is 5.01. The van der Waals surface area contributed by atoms with Gasteiger partial charge in [-0.1, -0.05) is 156 Å². The molecule has 22 heteroatoms. The normalized spacial score (nSPS) is 15.9. The van der Waals surface area contributed by atoms with Crippen LogP contribution in [0.15, 0.2) is 0 Å². The first-order valence-corrected chi connectivity index (χ1v) is 28.6. The zero-order chi connectivity index (χ0) is 42.4. The first kappa shape index (κ1) is 59.0. The van der Waals surface area contributed by atoms with Gasteiger partial charge < -0.3 is 9.79 Å². The molecule has 17 nitrogen and oxygen atoms in total. The second-order valence-corrected chi connectivity index (χ2v) is 20.7. The summed E-state index contributed by atoms with van der Waals surface area (Å²) in [5.74, 6) is 0. The summed E-state index contributed by atoms with van der Waals surface area (Å²) in [6, 6.07) is 0. The molecular formula is C34H76O17P4Ti. The molecule has 0 aromatic carbocycles. The zero-order valence-electron chi connectivity index (χ0n) is 34.6. The van der Waals surface area contributed by atoms with Crippen LogP contribution in [0.25, 0.3) is 0 Å². The number of rotatable bonds is 41. The van der Waals surface area contributed by atoms with E-state index < -0.39 is 63.1 Å². The molecule has 0 bridgehead atoms. The monoisotopic (exact) mass is 928 g/mol. The van der Waals surface area contributed by atoms with Crippen LogP contribution in [0.3, 0.4) is 0 Å². The van der Waals surface area contributed by atoms with Crippen molar-refractivity contribution in [1.29, 1.82) is 0 Å². The molecule has 0 aliphatic carbocycles. The molecule has 0 aliphatic rings. The Morgan fingerprint density at radius 3 is 0.804 bits per heavy atom. The van der Waals surface area contributed by atoms with Crippen molar-refractivity contribution in [2.24, 2.45) is 0 Å². The first-order chi connectivity index (χ1) is 26.6. The van der Waals surface area contributed by atoms with Gasteiger partial charge in [0.15, 0.2) is 0 Å². The molecule has 0 fully saturated rings. The topological polar surface area (TPSA) is 240 Å². The minimum atomic E-state index is -4.85. The molecule has 0 heterocycles. The molecule has 0 aliphatic heterocycles. The number of phosphoric acid groups is 4. The molecule has 0 rings (SSSR count). The Kier molecular flexibility index (Phi) is 41.0. The average molecular weight is 929 g/mol. The number of hydrogen-bond donors (Lipinski definition) is 4. The predicted molar refractivity (Wildman–Crippen MR) is 211 cm³/mol. The number of phosphoric ester groups is 4. The van der Waals surface area contributed by atoms with E-state index in [-0.39, 0.29) is 26.4 Å². The third-order valence-corrected chi connectivity index (χ3v) is 14.3. The Bertz CT molecular complexity index is 1040. The van der Waals surface area contributed by atoms with E-state index in [4.69, 9.17) is 46.5 Å². The number of hydrogen-bond acceptors (Lipinski definition) is 13. The van der Waals surface area contributed by atoms with Gasteiger partial charge in [-0.2, -0.15) is 8.62 Å². The van der Waals surface area contributed by atoms with E-state index in [0.717, 1.165) is 128 Å². The second kappa shape index (κ2) is 38.8. The quantitative estimate of drug-likeness (QED) is 0.0253. The summed E-state index contributed by atoms with van der Waals surface area (Å²) in [6.07, 6.45) is 22.0. The SMILES string of the molecule is CCCCCCCCOP(=O)(O)OP(=O)(OCCCCCCCC)OCCOP(=O)(OCCCCCCCC)OP(=O)(O)OCCCCCCCC.[O]=[Ti]([OH])[OH]. The Morgan fingerprint density at radius 1 is 0.357 bits per heavy atom. The summed E-state index contributed by atoms with van der Waals surface area (Å²) in [4.78, 5) is 20.7. The third-order valence-electron chi connectivity index (χ3n) is 7.99. The zero-order valence-corrected chi connectivity index (χ0v) is 39.7. The molecule has 0 spiro atoms. The van der Waals surface area contributed by atoms with Crippen molar-refractivity contribution in [3.05, 3.63) is 0 Å². The summed E-state index contributed by atoms with van der Waals surface area (Å²) in [5, 5.41) is 0. The molecule has 0 radical (unpaired) electrons. The maximum absolute atomic E-state index is 13.5. The summed E-state index contributed by atoms with van der Waals surface area (Å²) >= 11 is -3.58. The summed E-state index contributed by atoms with van der Waals surface area (Å²) in [6.45, 7) is 6.89. The van der Waals surface area contributed by atoms with Crippen LogP contribution in [-0.4, -0.2) is 56.8 Å². The van der Waals surface area contributed by atoms with Gasteiger partial charge >= 0.3 is 60.6 Å². The molecule has 56 heavy (non-hydrogen) atoms. The van der Waals surface area contributed by atoms with Crippen LogP contribution >= 0.6 is 31.3 Å². The van der Waals surface area contributed by atoms with Gasteiger partial charge in [0.25, 0.3) is 0 Å². The predicted octanol–water partition coefficient (Wildman–Crippen LogP) is 11.7. The van der Waals surface area contributed by atoms with Gasteiger partial charge in [-0.25, -0.2) is 18.3 Å². The van der Waals surface area contributed by atoms with Gasteiger partial charge in [0.05, 0.1) is 39.6 Å². The van der Waals surface area contributed by atoms with Crippen molar-refractivity contribution in [3.8, 4) is 0 Å². The van der Waals surface area contributed by atoms with Gasteiger partial charge in [0, 0.05) is 0 Å². The molecule has 0 aromatic rings. The minimum absolute atomic E-state index is 0.0751. The van der Waals surface area contributed by atoms with Crippen molar-refractivity contribution in [3.63, 3.8) is 0 Å². The molecule has 0 aromatic heterocycles. The molecule has 0 saturated carbocycles. The van der Waals surface area contributed by atoms with Gasteiger partial charge in [0.2, 0.25) is 0 Å². The molecule has 4 unspecified atom stereocenters. The molecule has 0 saturated heterocycles. The molecule has 4 atom stereocenters. The van der Waals surface area contributed by atoms with Gasteiger partial charge in [-0.3, -0.25) is 27.1 Å². The third kappa shape index (κ3) is 41.7. The molecular weight excluding hydrogens is 852 g/mol. The van der Waals surface area contributed by atoms with E-state index >= 15 is 0 Å². The van der Waals surface area contributed by atoms with E-state index in [2.05, 4.69) is 27.7 Å². The molecule has 4 N–H and O–H groups in total. The van der Waals surface area contributed by atoms with Crippen LogP contribution in [0.4, 0.5) is 0 Å². The Balaban J connectivity index is 0. The van der Waals surface area contributed by atoms with Crippen molar-refractivity contribution >= 4 is 31.3 Å². The van der Waals surface area contributed by atoms with Crippen LogP contribution in [0.5, 0.6) is 0 Å². The van der Waals surface area contributed by atoms with Crippen LogP contribution < -0.4 is 0 Å². The Morgan fingerprint density at radius 2 is 0.554 bits per heavy atom. The Hall–Kier alpha value is 0.954. The standard InChI is InChI=1S/C34H74O14P4.2H2O.O.Ti/c1-5-9-13-17-21-25-29-41-49(35,36)47-51(39,43-31-27-23-19-15-11-7-3)45-33-34-46-52(40,44-32-28-24-20-16-12-8-4)48-50(37,38)42-30-26-22-18-14-10-6-2;;;;/h5-34H2,1-4H3,(H,35,36)(H,37,38);2*1H2;;/q;;;;+2/p-2. The molecule has 338 valence electrons. The maximum atomic E-state index is 13.5. The molecule has 0 amide bonds. The fourth-order valence-corrected chi connectivity index (χ4v) is 10.3. The van der Waals surface area contributed by atoms with Crippen LogP contribution in [-0.2, 0) is 76.0 Å². The van der Waals surface area contributed by atoms with E-state index in [0.29, 0.717) is 25.7 Å². The van der Waals surface area contributed by atoms with Gasteiger partial charge in [0.1, 0.15) is 0 Å². The second-order valence-electron chi connectivity index (χ2n) is 13.3. The van der Waals surface area contributed by atoms with Crippen molar-refractivity contribution < 1.29 is 93.1 Å². The average Bonchev–Trinajstić information content (AvgIpc) is 3.11. The van der Waals surface area contributed by atoms with Gasteiger partial charge in [-0.15, -0.1) is 0 Å². The van der Waals surface area contributed by atoms with E-state index in [1.807, 2.05) is 0 Å². The van der Waals surface area contributed by atoms with Crippen LogP contribution in [0.2, 0.25) is 0 Å². The fraction of sp³-hybridized carbons (Fsp3) is 1.00. The summed E-state index contributed by atoms with van der Waals surface area (Å²) in [5.41, 5.74) is 0. The van der Waals surface area contributed by atoms with E-state index in [9.17, 15) is 28.0 Å². The summed E-state index contributed by atoms with van der Waals surface area (Å²) < 4.78 is 117. The summed E-state index contributed by atoms with van der Waals surface area (Å²) in [7, 11) is -19.1. The van der Waals surface area contributed by atoms with E-state index in [1.54, 1.807) is 0 Å². The Labute approximate surface area is 344 Å². The van der Waals surface area contributed by atoms with Crippen LogP contribution in [0, 0.1) is 0 Å². The van der Waals surface area contributed by atoms with Gasteiger partial charge in [-0.05, 0) is 25.7 Å². The van der Waals surface area contributed by atoms with Crippen molar-refractivity contribution in [1.82, 2.24) is 0 Å². The number of unbranched alkanes of at least 4 members (excludes halogenated alkanes) is 20. The van der Waals surface area contributed by atoms with Crippen molar-refractivity contribution in [2.75, 3.05) is 39.6 Å².